The van der Waals surface area contributed by atoms with Crippen LogP contribution in [-0.2, 0) is 6.18 Å². The minimum absolute atomic E-state index is 0.0472. The normalized spacial score (nSPS) is 19.0. The average molecular weight is 324 g/mol. The molecule has 2 nitrogen and oxygen atoms in total. The van der Waals surface area contributed by atoms with Gasteiger partial charge in [0, 0.05) is 12.7 Å². The summed E-state index contributed by atoms with van der Waals surface area (Å²) in [5.41, 5.74) is 0.0823. The highest BCUT2D eigenvalue weighted by atomic mass is 19.4. The molecule has 0 radical (unpaired) electrons. The number of piperidine rings is 1. The lowest BCUT2D eigenvalue weighted by Crippen LogP contribution is -2.35. The predicted molar refractivity (Wildman–Crippen MR) is 79.6 cm³/mol. The van der Waals surface area contributed by atoms with Crippen LogP contribution in [0.2, 0.25) is 0 Å². The summed E-state index contributed by atoms with van der Waals surface area (Å²) < 4.78 is 52.9. The highest BCUT2D eigenvalue weighted by molar-refractivity contribution is 5.51. The first-order valence-electron chi connectivity index (χ1n) is 7.51. The third kappa shape index (κ3) is 3.30. The van der Waals surface area contributed by atoms with E-state index in [9.17, 15) is 17.6 Å². The monoisotopic (exact) mass is 324 g/mol. The Kier molecular flexibility index (Phi) is 4.24. The standard InChI is InChI=1S/C17H16F4N2/c18-13-8-6-12(7-9-13)15-5-1-2-11-23(15)16-14(17(19,20)21)4-3-10-22-16/h3-4,6-10,15H,1-2,5,11H2. The number of hydrogen-bond acceptors (Lipinski definition) is 2. The Bertz CT molecular complexity index is 667. The molecule has 2 aromatic rings. The van der Waals surface area contributed by atoms with E-state index in [0.29, 0.717) is 6.54 Å². The summed E-state index contributed by atoms with van der Waals surface area (Å²) in [4.78, 5) is 5.69. The maximum Gasteiger partial charge on any atom is 0.419 e. The average Bonchev–Trinajstić information content (AvgIpc) is 2.55. The van der Waals surface area contributed by atoms with E-state index >= 15 is 0 Å². The number of benzene rings is 1. The zero-order chi connectivity index (χ0) is 16.4. The van der Waals surface area contributed by atoms with Gasteiger partial charge in [0.25, 0.3) is 0 Å². The summed E-state index contributed by atoms with van der Waals surface area (Å²) in [5.74, 6) is -0.404. The van der Waals surface area contributed by atoms with Crippen LogP contribution in [0.15, 0.2) is 42.6 Å². The molecule has 2 heterocycles. The summed E-state index contributed by atoms with van der Waals surface area (Å²) in [6.45, 7) is 0.502. The van der Waals surface area contributed by atoms with Crippen molar-refractivity contribution in [2.75, 3.05) is 11.4 Å². The van der Waals surface area contributed by atoms with Crippen molar-refractivity contribution in [3.8, 4) is 0 Å². The second-order valence-corrected chi connectivity index (χ2v) is 5.63. The molecule has 1 aliphatic rings. The number of nitrogens with zero attached hydrogens (tertiary/aromatic N) is 2. The quantitative estimate of drug-likeness (QED) is 0.725. The number of rotatable bonds is 2. The number of pyridine rings is 1. The summed E-state index contributed by atoms with van der Waals surface area (Å²) in [7, 11) is 0. The lowest BCUT2D eigenvalue weighted by molar-refractivity contribution is -0.137. The third-order valence-electron chi connectivity index (χ3n) is 4.12. The molecule has 1 aromatic heterocycles. The van der Waals surface area contributed by atoms with Crippen molar-refractivity contribution in [1.29, 1.82) is 0 Å². The van der Waals surface area contributed by atoms with Crippen molar-refractivity contribution in [2.24, 2.45) is 0 Å². The fraction of sp³-hybridized carbons (Fsp3) is 0.353. The van der Waals surface area contributed by atoms with Gasteiger partial charge >= 0.3 is 6.18 Å². The fourth-order valence-corrected chi connectivity index (χ4v) is 3.06. The second-order valence-electron chi connectivity index (χ2n) is 5.63. The third-order valence-corrected chi connectivity index (χ3v) is 4.12. The van der Waals surface area contributed by atoms with Gasteiger partial charge in [-0.3, -0.25) is 0 Å². The maximum atomic E-state index is 13.3. The Morgan fingerprint density at radius 2 is 1.78 bits per heavy atom. The van der Waals surface area contributed by atoms with Crippen LogP contribution in [0, 0.1) is 5.82 Å². The first kappa shape index (κ1) is 15.8. The predicted octanol–water partition coefficient (Wildman–Crippen LogP) is 4.97. The van der Waals surface area contributed by atoms with Gasteiger partial charge in [-0.15, -0.1) is 0 Å². The molecule has 0 N–H and O–H groups in total. The molecule has 23 heavy (non-hydrogen) atoms. The van der Waals surface area contributed by atoms with E-state index < -0.39 is 11.7 Å². The summed E-state index contributed by atoms with van der Waals surface area (Å²) in [6, 6.07) is 8.07. The van der Waals surface area contributed by atoms with Crippen LogP contribution in [0.3, 0.4) is 0 Å². The Morgan fingerprint density at radius 3 is 2.48 bits per heavy atom. The zero-order valence-electron chi connectivity index (χ0n) is 12.4. The second kappa shape index (κ2) is 6.18. The number of hydrogen-bond donors (Lipinski definition) is 0. The van der Waals surface area contributed by atoms with E-state index in [2.05, 4.69) is 4.98 Å². The number of alkyl halides is 3. The smallest absolute Gasteiger partial charge is 0.349 e. The van der Waals surface area contributed by atoms with Gasteiger partial charge in [-0.05, 0) is 49.1 Å². The van der Waals surface area contributed by atoms with Crippen molar-refractivity contribution in [2.45, 2.75) is 31.5 Å². The van der Waals surface area contributed by atoms with Gasteiger partial charge in [-0.1, -0.05) is 12.1 Å². The Hall–Kier alpha value is -2.11. The maximum absolute atomic E-state index is 13.3. The van der Waals surface area contributed by atoms with Crippen molar-refractivity contribution < 1.29 is 17.6 Å². The van der Waals surface area contributed by atoms with Crippen LogP contribution in [-0.4, -0.2) is 11.5 Å². The molecular weight excluding hydrogens is 308 g/mol. The van der Waals surface area contributed by atoms with Gasteiger partial charge in [0.1, 0.15) is 11.6 Å². The zero-order valence-corrected chi connectivity index (χ0v) is 12.4. The van der Waals surface area contributed by atoms with Crippen LogP contribution in [0.5, 0.6) is 0 Å². The van der Waals surface area contributed by atoms with Gasteiger partial charge < -0.3 is 4.90 Å². The molecule has 3 rings (SSSR count). The Balaban J connectivity index is 2.01. The first-order chi connectivity index (χ1) is 11.0. The van der Waals surface area contributed by atoms with E-state index in [1.807, 2.05) is 0 Å². The molecule has 122 valence electrons. The van der Waals surface area contributed by atoms with E-state index in [0.717, 1.165) is 30.9 Å². The summed E-state index contributed by atoms with van der Waals surface area (Å²) >= 11 is 0. The van der Waals surface area contributed by atoms with Crippen molar-refractivity contribution in [3.63, 3.8) is 0 Å². The van der Waals surface area contributed by atoms with Crippen molar-refractivity contribution >= 4 is 5.82 Å². The van der Waals surface area contributed by atoms with Crippen LogP contribution in [0.4, 0.5) is 23.4 Å². The fourth-order valence-electron chi connectivity index (χ4n) is 3.06. The molecule has 0 saturated carbocycles. The molecule has 0 bridgehead atoms. The number of aromatic nitrogens is 1. The van der Waals surface area contributed by atoms with E-state index in [4.69, 9.17) is 0 Å². The van der Waals surface area contributed by atoms with Gasteiger partial charge in [-0.25, -0.2) is 9.37 Å². The van der Waals surface area contributed by atoms with Gasteiger partial charge in [0.05, 0.1) is 11.6 Å². The first-order valence-corrected chi connectivity index (χ1v) is 7.51. The molecule has 1 atom stereocenters. The molecule has 1 saturated heterocycles. The van der Waals surface area contributed by atoms with Gasteiger partial charge in [0.2, 0.25) is 0 Å². The number of halogens is 4. The molecule has 0 amide bonds. The van der Waals surface area contributed by atoms with E-state index in [1.165, 1.54) is 24.4 Å². The van der Waals surface area contributed by atoms with Crippen LogP contribution >= 0.6 is 0 Å². The lowest BCUT2D eigenvalue weighted by atomic mass is 9.94. The number of anilines is 1. The summed E-state index contributed by atoms with van der Waals surface area (Å²) in [5, 5.41) is 0. The van der Waals surface area contributed by atoms with E-state index in [-0.39, 0.29) is 17.7 Å². The largest absolute Gasteiger partial charge is 0.419 e. The lowest BCUT2D eigenvalue weighted by Gasteiger charge is -2.38. The Morgan fingerprint density at radius 1 is 1.04 bits per heavy atom. The van der Waals surface area contributed by atoms with Crippen molar-refractivity contribution in [3.05, 3.63) is 59.5 Å². The molecule has 1 aromatic carbocycles. The van der Waals surface area contributed by atoms with E-state index in [1.54, 1.807) is 17.0 Å². The molecule has 1 unspecified atom stereocenters. The Labute approximate surface area is 131 Å². The van der Waals surface area contributed by atoms with Gasteiger partial charge in [-0.2, -0.15) is 13.2 Å². The highest BCUT2D eigenvalue weighted by Crippen LogP contribution is 2.40. The molecular formula is C17H16F4N2. The minimum Gasteiger partial charge on any atom is -0.349 e. The van der Waals surface area contributed by atoms with Gasteiger partial charge in [0.15, 0.2) is 0 Å². The molecule has 1 aliphatic heterocycles. The molecule has 0 spiro atoms. The molecule has 6 heteroatoms. The molecule has 0 aliphatic carbocycles. The van der Waals surface area contributed by atoms with Crippen LogP contribution < -0.4 is 4.90 Å². The topological polar surface area (TPSA) is 16.1 Å². The van der Waals surface area contributed by atoms with Crippen LogP contribution in [0.1, 0.15) is 36.4 Å². The minimum atomic E-state index is -4.45. The van der Waals surface area contributed by atoms with Crippen LogP contribution in [0.25, 0.3) is 0 Å². The highest BCUT2D eigenvalue weighted by Gasteiger charge is 2.37. The SMILES string of the molecule is Fc1ccc(C2CCCCN2c2ncccc2C(F)(F)F)cc1. The molecule has 1 fully saturated rings. The van der Waals surface area contributed by atoms with Crippen molar-refractivity contribution in [1.82, 2.24) is 4.98 Å². The summed E-state index contributed by atoms with van der Waals surface area (Å²) in [6.07, 6.45) is -0.618.